The van der Waals surface area contributed by atoms with Gasteiger partial charge >= 0.3 is 0 Å². The molecule has 1 unspecified atom stereocenters. The van der Waals surface area contributed by atoms with Gasteiger partial charge in [-0.15, -0.1) is 18.2 Å². The maximum absolute atomic E-state index is 12.0. The van der Waals surface area contributed by atoms with Crippen LogP contribution in [0.4, 0.5) is 0 Å². The molecule has 1 saturated heterocycles. The van der Waals surface area contributed by atoms with Crippen LogP contribution in [0, 0.1) is 12.3 Å². The Kier molecular flexibility index (Phi) is 5.72. The zero-order valence-electron chi connectivity index (χ0n) is 9.84. The average Bonchev–Trinajstić information content (AvgIpc) is 2.78. The van der Waals surface area contributed by atoms with Crippen molar-refractivity contribution in [3.63, 3.8) is 0 Å². The monoisotopic (exact) mass is 240 g/mol. The minimum Gasteiger partial charge on any atom is -0.354 e. The number of hydrogen-bond acceptors (Lipinski definition) is 3. The van der Waals surface area contributed by atoms with Crippen molar-refractivity contribution in [3.8, 4) is 12.3 Å². The number of rotatable bonds is 6. The van der Waals surface area contributed by atoms with Crippen LogP contribution in [0.25, 0.3) is 0 Å². The number of amides is 1. The Labute approximate surface area is 102 Å². The first kappa shape index (κ1) is 13.4. The van der Waals surface area contributed by atoms with E-state index in [1.807, 2.05) is 0 Å². The van der Waals surface area contributed by atoms with Crippen LogP contribution in [-0.2, 0) is 4.79 Å². The van der Waals surface area contributed by atoms with Gasteiger partial charge in [-0.2, -0.15) is 0 Å². The van der Waals surface area contributed by atoms with Gasteiger partial charge in [-0.1, -0.05) is 12.8 Å². The first-order valence-electron chi connectivity index (χ1n) is 5.80. The zero-order chi connectivity index (χ0) is 11.9. The molecule has 0 saturated carbocycles. The predicted molar refractivity (Wildman–Crippen MR) is 69.4 cm³/mol. The van der Waals surface area contributed by atoms with Crippen molar-refractivity contribution < 1.29 is 4.79 Å². The molecule has 90 valence electrons. The lowest BCUT2D eigenvalue weighted by Gasteiger charge is -2.26. The van der Waals surface area contributed by atoms with E-state index in [1.54, 1.807) is 11.8 Å². The maximum Gasteiger partial charge on any atom is 0.240 e. The summed E-state index contributed by atoms with van der Waals surface area (Å²) in [5, 5.41) is 6.30. The van der Waals surface area contributed by atoms with Gasteiger partial charge in [0.25, 0.3) is 0 Å². The highest BCUT2D eigenvalue weighted by Gasteiger charge is 2.38. The van der Waals surface area contributed by atoms with Crippen LogP contribution in [0.15, 0.2) is 0 Å². The maximum atomic E-state index is 12.0. The molecule has 2 N–H and O–H groups in total. The molecule has 0 aromatic heterocycles. The topological polar surface area (TPSA) is 41.1 Å². The Morgan fingerprint density at radius 1 is 1.69 bits per heavy atom. The molecule has 1 atom stereocenters. The number of thioether (sulfide) groups is 1. The van der Waals surface area contributed by atoms with Crippen LogP contribution in [0.2, 0.25) is 0 Å². The Bertz CT molecular complexity index is 267. The van der Waals surface area contributed by atoms with Gasteiger partial charge in [-0.05, 0) is 25.8 Å². The lowest BCUT2D eigenvalue weighted by atomic mass is 9.93. The summed E-state index contributed by atoms with van der Waals surface area (Å²) in [5.41, 5.74) is -0.309. The molecule has 0 radical (unpaired) electrons. The molecule has 16 heavy (non-hydrogen) atoms. The van der Waals surface area contributed by atoms with E-state index in [-0.39, 0.29) is 11.4 Å². The minimum absolute atomic E-state index is 0.147. The molecule has 4 heteroatoms. The Morgan fingerprint density at radius 3 is 3.06 bits per heavy atom. The van der Waals surface area contributed by atoms with Gasteiger partial charge in [0.05, 0.1) is 11.3 Å². The standard InChI is InChI=1S/C12H20N2OS/c1-3-9-16-10-8-13-11(15)12(4-2)6-5-7-14-12/h1,14H,4-10H2,2H3,(H,13,15). The Balaban J connectivity index is 2.26. The third-order valence-electron chi connectivity index (χ3n) is 3.00. The van der Waals surface area contributed by atoms with Crippen molar-refractivity contribution >= 4 is 17.7 Å². The number of hydrogen-bond donors (Lipinski definition) is 2. The van der Waals surface area contributed by atoms with Crippen LogP contribution in [0.1, 0.15) is 26.2 Å². The molecule has 1 fully saturated rings. The van der Waals surface area contributed by atoms with Gasteiger partial charge < -0.3 is 10.6 Å². The Hall–Kier alpha value is -0.660. The van der Waals surface area contributed by atoms with Crippen molar-refractivity contribution in [2.24, 2.45) is 0 Å². The van der Waals surface area contributed by atoms with E-state index in [2.05, 4.69) is 23.5 Å². The van der Waals surface area contributed by atoms with Crippen LogP contribution in [0.3, 0.4) is 0 Å². The zero-order valence-corrected chi connectivity index (χ0v) is 10.7. The third-order valence-corrected chi connectivity index (χ3v) is 3.86. The first-order valence-corrected chi connectivity index (χ1v) is 6.95. The Morgan fingerprint density at radius 2 is 2.50 bits per heavy atom. The lowest BCUT2D eigenvalue weighted by Crippen LogP contribution is -2.53. The number of nitrogens with one attached hydrogen (secondary N) is 2. The minimum atomic E-state index is -0.309. The summed E-state index contributed by atoms with van der Waals surface area (Å²) in [6.07, 6.45) is 8.04. The van der Waals surface area contributed by atoms with Crippen molar-refractivity contribution in [2.45, 2.75) is 31.7 Å². The largest absolute Gasteiger partial charge is 0.354 e. The molecule has 1 aliphatic heterocycles. The van der Waals surface area contributed by atoms with Gasteiger partial charge in [0.1, 0.15) is 0 Å². The summed E-state index contributed by atoms with van der Waals surface area (Å²) in [6, 6.07) is 0. The first-order chi connectivity index (χ1) is 7.75. The summed E-state index contributed by atoms with van der Waals surface area (Å²) in [5.74, 6) is 4.31. The van der Waals surface area contributed by atoms with Gasteiger partial charge in [-0.3, -0.25) is 4.79 Å². The van der Waals surface area contributed by atoms with Gasteiger partial charge in [0.15, 0.2) is 0 Å². The lowest BCUT2D eigenvalue weighted by molar-refractivity contribution is -0.127. The summed E-state index contributed by atoms with van der Waals surface area (Å²) >= 11 is 1.67. The summed E-state index contributed by atoms with van der Waals surface area (Å²) in [4.78, 5) is 12.0. The highest BCUT2D eigenvalue weighted by molar-refractivity contribution is 7.99. The molecule has 0 aromatic rings. The molecule has 1 aliphatic rings. The van der Waals surface area contributed by atoms with E-state index in [4.69, 9.17) is 6.42 Å². The smallest absolute Gasteiger partial charge is 0.240 e. The normalized spacial score (nSPS) is 24.0. The molecule has 0 aromatic carbocycles. The van der Waals surface area contributed by atoms with Crippen LogP contribution >= 0.6 is 11.8 Å². The summed E-state index contributed by atoms with van der Waals surface area (Å²) in [7, 11) is 0. The quantitative estimate of drug-likeness (QED) is 0.537. The fourth-order valence-electron chi connectivity index (χ4n) is 2.00. The molecule has 1 rings (SSSR count). The predicted octanol–water partition coefficient (Wildman–Crippen LogP) is 1.00. The van der Waals surface area contributed by atoms with E-state index < -0.39 is 0 Å². The fraction of sp³-hybridized carbons (Fsp3) is 0.750. The van der Waals surface area contributed by atoms with Crippen molar-refractivity contribution in [3.05, 3.63) is 0 Å². The van der Waals surface area contributed by atoms with Crippen molar-refractivity contribution in [1.82, 2.24) is 10.6 Å². The molecule has 1 heterocycles. The second kappa shape index (κ2) is 6.82. The molecule has 0 bridgehead atoms. The number of carbonyl (C=O) groups excluding carboxylic acids is 1. The fourth-order valence-corrected chi connectivity index (χ4v) is 2.51. The second-order valence-electron chi connectivity index (χ2n) is 3.98. The van der Waals surface area contributed by atoms with E-state index in [9.17, 15) is 4.79 Å². The average molecular weight is 240 g/mol. The van der Waals surface area contributed by atoms with E-state index in [0.717, 1.165) is 31.6 Å². The molecule has 3 nitrogen and oxygen atoms in total. The number of carbonyl (C=O) groups is 1. The van der Waals surface area contributed by atoms with Gasteiger partial charge in [0, 0.05) is 12.3 Å². The summed E-state index contributed by atoms with van der Waals surface area (Å²) < 4.78 is 0. The van der Waals surface area contributed by atoms with Crippen LogP contribution < -0.4 is 10.6 Å². The molecular formula is C12H20N2OS. The van der Waals surface area contributed by atoms with Gasteiger partial charge in [-0.25, -0.2) is 0 Å². The van der Waals surface area contributed by atoms with E-state index in [0.29, 0.717) is 12.3 Å². The SMILES string of the molecule is C#CCSCCNC(=O)C1(CC)CCCN1. The molecular weight excluding hydrogens is 220 g/mol. The van der Waals surface area contributed by atoms with Crippen molar-refractivity contribution in [1.29, 1.82) is 0 Å². The van der Waals surface area contributed by atoms with E-state index >= 15 is 0 Å². The summed E-state index contributed by atoms with van der Waals surface area (Å²) in [6.45, 7) is 3.71. The molecule has 0 aliphatic carbocycles. The van der Waals surface area contributed by atoms with Gasteiger partial charge in [0.2, 0.25) is 5.91 Å². The second-order valence-corrected chi connectivity index (χ2v) is 5.08. The molecule has 0 spiro atoms. The van der Waals surface area contributed by atoms with Crippen LogP contribution in [0.5, 0.6) is 0 Å². The number of terminal acetylenes is 1. The highest BCUT2D eigenvalue weighted by Crippen LogP contribution is 2.22. The third kappa shape index (κ3) is 3.43. The molecule has 1 amide bonds. The van der Waals surface area contributed by atoms with E-state index in [1.165, 1.54) is 0 Å². The van der Waals surface area contributed by atoms with Crippen LogP contribution in [-0.4, -0.2) is 36.0 Å². The van der Waals surface area contributed by atoms with Crippen molar-refractivity contribution in [2.75, 3.05) is 24.6 Å². The highest BCUT2D eigenvalue weighted by atomic mass is 32.2.